The quantitative estimate of drug-likeness (QED) is 0.547. The summed E-state index contributed by atoms with van der Waals surface area (Å²) in [6.07, 6.45) is 0. The van der Waals surface area contributed by atoms with Gasteiger partial charge in [0.1, 0.15) is 28.9 Å². The smallest absolute Gasteiger partial charge is 0.235 e. The number of hydrogen-bond acceptors (Lipinski definition) is 6. The first kappa shape index (κ1) is 15.5. The van der Waals surface area contributed by atoms with Gasteiger partial charge in [-0.15, -0.1) is 10.2 Å². The number of hydrogen-bond donors (Lipinski definition) is 0. The summed E-state index contributed by atoms with van der Waals surface area (Å²) in [6, 6.07) is 13.6. The third-order valence-electron chi connectivity index (χ3n) is 3.55. The van der Waals surface area contributed by atoms with E-state index in [0.29, 0.717) is 27.1 Å². The highest BCUT2D eigenvalue weighted by Gasteiger charge is 2.14. The largest absolute Gasteiger partial charge is 0.497 e. The summed E-state index contributed by atoms with van der Waals surface area (Å²) in [7, 11) is 1.61. The van der Waals surface area contributed by atoms with Crippen LogP contribution in [0.1, 0.15) is 5.82 Å². The molecule has 126 valence electrons. The van der Waals surface area contributed by atoms with E-state index in [1.807, 2.05) is 30.3 Å². The Balaban J connectivity index is 1.56. The molecule has 0 bridgehead atoms. The molecule has 4 aromatic rings. The Morgan fingerprint density at radius 2 is 1.88 bits per heavy atom. The number of nitrogens with zero attached hydrogens (tertiary/aromatic N) is 4. The van der Waals surface area contributed by atoms with Gasteiger partial charge >= 0.3 is 0 Å². The topological polar surface area (TPSA) is 61.5 Å². The second-order valence-electron chi connectivity index (χ2n) is 5.19. The third-order valence-corrected chi connectivity index (χ3v) is 4.50. The second kappa shape index (κ2) is 6.48. The Hall–Kier alpha value is -3.00. The van der Waals surface area contributed by atoms with Crippen LogP contribution in [-0.4, -0.2) is 26.9 Å². The van der Waals surface area contributed by atoms with E-state index < -0.39 is 0 Å². The van der Waals surface area contributed by atoms with Crippen LogP contribution in [0.4, 0.5) is 4.39 Å². The van der Waals surface area contributed by atoms with Gasteiger partial charge in [0.15, 0.2) is 5.82 Å². The van der Waals surface area contributed by atoms with E-state index in [1.165, 1.54) is 23.5 Å². The molecular weight excluding hydrogens is 343 g/mol. The Morgan fingerprint density at radius 3 is 2.64 bits per heavy atom. The molecule has 0 saturated carbocycles. The van der Waals surface area contributed by atoms with E-state index in [2.05, 4.69) is 15.3 Å². The Bertz CT molecular complexity index is 1010. The Kier molecular flexibility index (Phi) is 4.02. The molecule has 2 aromatic carbocycles. The van der Waals surface area contributed by atoms with Crippen molar-refractivity contribution in [1.82, 2.24) is 19.8 Å². The van der Waals surface area contributed by atoms with Crippen LogP contribution in [0, 0.1) is 5.82 Å². The molecule has 25 heavy (non-hydrogen) atoms. The molecule has 2 heterocycles. The molecule has 8 heteroatoms. The molecule has 2 aromatic heterocycles. The summed E-state index contributed by atoms with van der Waals surface area (Å²) in [5.41, 5.74) is 0.706. The molecule has 6 nitrogen and oxygen atoms in total. The monoisotopic (exact) mass is 356 g/mol. The average molecular weight is 356 g/mol. The van der Waals surface area contributed by atoms with Gasteiger partial charge in [-0.25, -0.2) is 4.39 Å². The van der Waals surface area contributed by atoms with E-state index in [0.717, 1.165) is 5.75 Å². The summed E-state index contributed by atoms with van der Waals surface area (Å²) in [5, 5.41) is 13.3. The summed E-state index contributed by atoms with van der Waals surface area (Å²) in [5.74, 6) is 1.73. The minimum atomic E-state index is -0.300. The molecule has 0 aliphatic carbocycles. The first-order chi connectivity index (χ1) is 12.2. The zero-order valence-electron chi connectivity index (χ0n) is 13.2. The summed E-state index contributed by atoms with van der Waals surface area (Å²) in [4.78, 5) is 0.632. The van der Waals surface area contributed by atoms with Gasteiger partial charge in [-0.05, 0) is 36.4 Å². The molecule has 0 amide bonds. The number of rotatable bonds is 5. The zero-order chi connectivity index (χ0) is 17.2. The number of methoxy groups -OCH3 is 1. The van der Waals surface area contributed by atoms with E-state index >= 15 is 0 Å². The fraction of sp³-hybridized carbons (Fsp3) is 0.118. The lowest BCUT2D eigenvalue weighted by Gasteiger charge is -2.05. The average Bonchev–Trinajstić information content (AvgIpc) is 3.21. The van der Waals surface area contributed by atoms with Crippen molar-refractivity contribution < 1.29 is 13.9 Å². The van der Waals surface area contributed by atoms with Crippen molar-refractivity contribution in [2.24, 2.45) is 0 Å². The van der Waals surface area contributed by atoms with Crippen LogP contribution in [-0.2, 0) is 6.61 Å². The fourth-order valence-corrected chi connectivity index (χ4v) is 3.16. The van der Waals surface area contributed by atoms with E-state index in [4.69, 9.17) is 9.47 Å². The van der Waals surface area contributed by atoms with E-state index in [9.17, 15) is 4.39 Å². The van der Waals surface area contributed by atoms with E-state index in [1.54, 1.807) is 17.7 Å². The SMILES string of the molecule is COc1ccc(OCc2nnc3sc(-c4cccc(F)c4)nn23)cc1. The number of fused-ring (bicyclic) bond motifs is 1. The molecule has 0 unspecified atom stereocenters. The molecule has 0 saturated heterocycles. The van der Waals surface area contributed by atoms with Gasteiger partial charge in [0.05, 0.1) is 7.11 Å². The third kappa shape index (κ3) is 3.16. The van der Waals surface area contributed by atoms with Gasteiger partial charge in [-0.3, -0.25) is 0 Å². The van der Waals surface area contributed by atoms with Gasteiger partial charge in [0.25, 0.3) is 0 Å². The van der Waals surface area contributed by atoms with Crippen LogP contribution < -0.4 is 9.47 Å². The van der Waals surface area contributed by atoms with Crippen LogP contribution >= 0.6 is 11.3 Å². The molecule has 0 radical (unpaired) electrons. The first-order valence-electron chi connectivity index (χ1n) is 7.47. The minimum absolute atomic E-state index is 0.222. The first-order valence-corrected chi connectivity index (χ1v) is 8.28. The summed E-state index contributed by atoms with van der Waals surface area (Å²) < 4.78 is 25.8. The molecule has 0 aliphatic heterocycles. The Morgan fingerprint density at radius 1 is 1.08 bits per heavy atom. The van der Waals surface area contributed by atoms with Crippen LogP contribution in [0.25, 0.3) is 15.5 Å². The highest BCUT2D eigenvalue weighted by atomic mass is 32.1. The Labute approximate surface area is 146 Å². The van der Waals surface area contributed by atoms with Crippen molar-refractivity contribution in [3.05, 3.63) is 60.2 Å². The van der Waals surface area contributed by atoms with Crippen molar-refractivity contribution in [1.29, 1.82) is 0 Å². The van der Waals surface area contributed by atoms with Crippen molar-refractivity contribution in [3.63, 3.8) is 0 Å². The van der Waals surface area contributed by atoms with Crippen LogP contribution in [0.5, 0.6) is 11.5 Å². The van der Waals surface area contributed by atoms with Gasteiger partial charge in [-0.1, -0.05) is 23.5 Å². The lowest BCUT2D eigenvalue weighted by atomic mass is 10.2. The highest BCUT2D eigenvalue weighted by molar-refractivity contribution is 7.19. The van der Waals surface area contributed by atoms with Crippen molar-refractivity contribution in [2.45, 2.75) is 6.61 Å². The number of aromatic nitrogens is 4. The highest BCUT2D eigenvalue weighted by Crippen LogP contribution is 2.26. The van der Waals surface area contributed by atoms with Crippen molar-refractivity contribution in [3.8, 4) is 22.1 Å². The molecular formula is C17H13FN4O2S. The molecule has 0 fully saturated rings. The molecule has 0 aliphatic rings. The lowest BCUT2D eigenvalue weighted by Crippen LogP contribution is -2.02. The van der Waals surface area contributed by atoms with Crippen LogP contribution in [0.2, 0.25) is 0 Å². The summed E-state index contributed by atoms with van der Waals surface area (Å²) in [6.45, 7) is 0.222. The maximum Gasteiger partial charge on any atom is 0.235 e. The van der Waals surface area contributed by atoms with Gasteiger partial charge in [0.2, 0.25) is 4.96 Å². The molecule has 0 N–H and O–H groups in total. The normalized spacial score (nSPS) is 11.0. The van der Waals surface area contributed by atoms with Gasteiger partial charge in [0, 0.05) is 5.56 Å². The van der Waals surface area contributed by atoms with Gasteiger partial charge in [-0.2, -0.15) is 9.61 Å². The van der Waals surface area contributed by atoms with Crippen molar-refractivity contribution in [2.75, 3.05) is 7.11 Å². The summed E-state index contributed by atoms with van der Waals surface area (Å²) >= 11 is 1.35. The predicted molar refractivity (Wildman–Crippen MR) is 91.4 cm³/mol. The van der Waals surface area contributed by atoms with Crippen LogP contribution in [0.3, 0.4) is 0 Å². The number of benzene rings is 2. The van der Waals surface area contributed by atoms with Crippen molar-refractivity contribution >= 4 is 16.3 Å². The predicted octanol–water partition coefficient (Wildman–Crippen LogP) is 3.58. The van der Waals surface area contributed by atoms with Gasteiger partial charge < -0.3 is 9.47 Å². The molecule has 4 rings (SSSR count). The zero-order valence-corrected chi connectivity index (χ0v) is 14.0. The molecule has 0 atom stereocenters. The fourth-order valence-electron chi connectivity index (χ4n) is 2.31. The molecule has 0 spiro atoms. The lowest BCUT2D eigenvalue weighted by molar-refractivity contribution is 0.292. The standard InChI is InChI=1S/C17H13FN4O2S/c1-23-13-5-7-14(8-6-13)24-10-15-19-20-17-22(15)21-16(25-17)11-3-2-4-12(18)9-11/h2-9H,10H2,1H3. The van der Waals surface area contributed by atoms with E-state index in [-0.39, 0.29) is 12.4 Å². The van der Waals surface area contributed by atoms with Crippen LogP contribution in [0.15, 0.2) is 48.5 Å². The maximum absolute atomic E-state index is 13.4. The number of ether oxygens (including phenoxy) is 2. The maximum atomic E-state index is 13.4. The number of halogens is 1. The minimum Gasteiger partial charge on any atom is -0.497 e. The second-order valence-corrected chi connectivity index (χ2v) is 6.15.